The number of pyridine rings is 1. The quantitative estimate of drug-likeness (QED) is 0.616. The van der Waals surface area contributed by atoms with Gasteiger partial charge >= 0.3 is 5.97 Å². The van der Waals surface area contributed by atoms with Gasteiger partial charge in [0.25, 0.3) is 0 Å². The number of benzene rings is 1. The number of aryl methyl sites for hydroxylation is 1. The van der Waals surface area contributed by atoms with Crippen LogP contribution in [0.1, 0.15) is 85.8 Å². The lowest BCUT2D eigenvalue weighted by Crippen LogP contribution is -2.34. The number of rotatable bonds is 4. The molecule has 1 aliphatic rings. The number of hydrogen-bond donors (Lipinski definition) is 0. The van der Waals surface area contributed by atoms with Gasteiger partial charge in [-0.25, -0.2) is 9.78 Å². The van der Waals surface area contributed by atoms with Gasteiger partial charge in [0.15, 0.2) is 0 Å². The van der Waals surface area contributed by atoms with Crippen molar-refractivity contribution in [2.45, 2.75) is 65.2 Å². The van der Waals surface area contributed by atoms with Gasteiger partial charge in [0.2, 0.25) is 0 Å². The van der Waals surface area contributed by atoms with E-state index in [9.17, 15) is 4.79 Å². The number of hydrogen-bond acceptors (Lipinski definition) is 3. The van der Waals surface area contributed by atoms with Crippen LogP contribution in [0.3, 0.4) is 0 Å². The smallest absolute Gasteiger partial charge is 0.356 e. The van der Waals surface area contributed by atoms with E-state index in [0.717, 1.165) is 16.7 Å². The van der Waals surface area contributed by atoms with E-state index in [0.29, 0.717) is 12.3 Å². The van der Waals surface area contributed by atoms with Crippen LogP contribution in [0, 0.1) is 6.92 Å². The third-order valence-electron chi connectivity index (χ3n) is 6.12. The number of esters is 1. The van der Waals surface area contributed by atoms with Crippen LogP contribution in [-0.2, 0) is 15.6 Å². The average Bonchev–Trinajstić information content (AvgIpc) is 2.65. The molecule has 0 radical (unpaired) electrons. The van der Waals surface area contributed by atoms with Crippen molar-refractivity contribution >= 4 is 11.5 Å². The summed E-state index contributed by atoms with van der Waals surface area (Å²) in [6.07, 6.45) is 4.09. The van der Waals surface area contributed by atoms with E-state index in [1.165, 1.54) is 29.5 Å². The second-order valence-electron chi connectivity index (χ2n) is 9.11. The van der Waals surface area contributed by atoms with Gasteiger partial charge < -0.3 is 4.74 Å². The van der Waals surface area contributed by atoms with Gasteiger partial charge in [0, 0.05) is 11.8 Å². The zero-order valence-corrected chi connectivity index (χ0v) is 18.0. The largest absolute Gasteiger partial charge is 0.461 e. The molecule has 0 fully saturated rings. The van der Waals surface area contributed by atoms with Crippen molar-refractivity contribution in [2.24, 2.45) is 0 Å². The fourth-order valence-electron chi connectivity index (χ4n) is 4.10. The molecular formula is C25H31NO2. The molecule has 1 aromatic heterocycles. The Hall–Kier alpha value is -2.42. The molecule has 1 aromatic carbocycles. The summed E-state index contributed by atoms with van der Waals surface area (Å²) in [6.45, 7) is 18.0. The first kappa shape index (κ1) is 20.3. The predicted molar refractivity (Wildman–Crippen MR) is 115 cm³/mol. The Kier molecular flexibility index (Phi) is 5.22. The summed E-state index contributed by atoms with van der Waals surface area (Å²) >= 11 is 0. The molecule has 2 aromatic rings. The Bertz CT molecular complexity index is 920. The van der Waals surface area contributed by atoms with Crippen molar-refractivity contribution in [2.75, 3.05) is 6.61 Å². The van der Waals surface area contributed by atoms with E-state index >= 15 is 0 Å². The molecular weight excluding hydrogens is 346 g/mol. The second-order valence-corrected chi connectivity index (χ2v) is 9.11. The van der Waals surface area contributed by atoms with Gasteiger partial charge in [0.1, 0.15) is 5.69 Å². The van der Waals surface area contributed by atoms with Crippen LogP contribution in [0.5, 0.6) is 0 Å². The van der Waals surface area contributed by atoms with Crippen LogP contribution < -0.4 is 0 Å². The summed E-state index contributed by atoms with van der Waals surface area (Å²) in [5.74, 6) is -0.395. The van der Waals surface area contributed by atoms with E-state index in [1.807, 2.05) is 6.07 Å². The Balaban J connectivity index is 2.00. The maximum Gasteiger partial charge on any atom is 0.356 e. The minimum Gasteiger partial charge on any atom is -0.461 e. The molecule has 0 bridgehead atoms. The van der Waals surface area contributed by atoms with Crippen molar-refractivity contribution in [1.82, 2.24) is 4.98 Å². The van der Waals surface area contributed by atoms with Crippen molar-refractivity contribution < 1.29 is 9.53 Å². The molecule has 0 spiro atoms. The Morgan fingerprint density at radius 3 is 2.25 bits per heavy atom. The standard InChI is InChI=1S/C25H31NO2/c1-8-28-23(27)22-10-9-18(15-26-22)17(3)19-14-21-20(13-16(19)2)24(4,5)11-12-25(21,6)7/h9-10,13-15H,3,8,11-12H2,1-2,4-7H3. The summed E-state index contributed by atoms with van der Waals surface area (Å²) in [6, 6.07) is 8.28. The highest BCUT2D eigenvalue weighted by Gasteiger charge is 2.37. The van der Waals surface area contributed by atoms with Gasteiger partial charge in [-0.1, -0.05) is 52.5 Å². The van der Waals surface area contributed by atoms with Crippen molar-refractivity contribution in [3.05, 3.63) is 70.6 Å². The Morgan fingerprint density at radius 2 is 1.71 bits per heavy atom. The van der Waals surface area contributed by atoms with Gasteiger partial charge in [-0.05, 0) is 71.4 Å². The zero-order valence-electron chi connectivity index (χ0n) is 18.0. The predicted octanol–water partition coefficient (Wildman–Crippen LogP) is 5.98. The highest BCUT2D eigenvalue weighted by Crippen LogP contribution is 2.47. The molecule has 3 nitrogen and oxygen atoms in total. The molecule has 0 N–H and O–H groups in total. The van der Waals surface area contributed by atoms with Gasteiger partial charge in [-0.3, -0.25) is 0 Å². The maximum atomic E-state index is 11.8. The van der Waals surface area contributed by atoms with E-state index in [1.54, 1.807) is 19.2 Å². The first-order chi connectivity index (χ1) is 13.1. The van der Waals surface area contributed by atoms with Crippen LogP contribution in [0.25, 0.3) is 5.57 Å². The highest BCUT2D eigenvalue weighted by molar-refractivity contribution is 5.88. The van der Waals surface area contributed by atoms with Crippen LogP contribution in [0.15, 0.2) is 37.0 Å². The SMILES string of the molecule is C=C(c1ccc(C(=O)OCC)nc1)c1cc2c(cc1C)C(C)(C)CCC2(C)C. The van der Waals surface area contributed by atoms with Crippen molar-refractivity contribution in [3.63, 3.8) is 0 Å². The number of fused-ring (bicyclic) bond motifs is 1. The minimum atomic E-state index is -0.395. The first-order valence-electron chi connectivity index (χ1n) is 10.1. The highest BCUT2D eigenvalue weighted by atomic mass is 16.5. The molecule has 0 aliphatic heterocycles. The van der Waals surface area contributed by atoms with E-state index in [-0.39, 0.29) is 10.8 Å². The number of nitrogens with zero attached hydrogens (tertiary/aromatic N) is 1. The number of ether oxygens (including phenoxy) is 1. The topological polar surface area (TPSA) is 39.2 Å². The molecule has 0 saturated carbocycles. The lowest BCUT2D eigenvalue weighted by atomic mass is 9.62. The third kappa shape index (κ3) is 3.63. The molecule has 1 aliphatic carbocycles. The summed E-state index contributed by atoms with van der Waals surface area (Å²) in [4.78, 5) is 16.1. The van der Waals surface area contributed by atoms with Gasteiger partial charge in [-0.15, -0.1) is 0 Å². The van der Waals surface area contributed by atoms with Crippen LogP contribution in [0.4, 0.5) is 0 Å². The summed E-state index contributed by atoms with van der Waals surface area (Å²) < 4.78 is 5.01. The number of aromatic nitrogens is 1. The lowest BCUT2D eigenvalue weighted by molar-refractivity contribution is 0.0519. The number of carbonyl (C=O) groups is 1. The van der Waals surface area contributed by atoms with Crippen LogP contribution in [0.2, 0.25) is 0 Å². The average molecular weight is 378 g/mol. The Morgan fingerprint density at radius 1 is 1.11 bits per heavy atom. The normalized spacial score (nSPS) is 16.9. The minimum absolute atomic E-state index is 0.152. The fourth-order valence-corrected chi connectivity index (χ4v) is 4.10. The summed E-state index contributed by atoms with van der Waals surface area (Å²) in [5, 5.41) is 0. The molecule has 1 heterocycles. The molecule has 0 atom stereocenters. The zero-order chi connectivity index (χ0) is 20.7. The Labute approximate surface area is 168 Å². The molecule has 3 heteroatoms. The molecule has 0 saturated heterocycles. The van der Waals surface area contributed by atoms with Crippen molar-refractivity contribution in [1.29, 1.82) is 0 Å². The lowest BCUT2D eigenvalue weighted by Gasteiger charge is -2.42. The molecule has 148 valence electrons. The molecule has 3 rings (SSSR count). The summed E-state index contributed by atoms with van der Waals surface area (Å²) in [7, 11) is 0. The maximum absolute atomic E-state index is 11.8. The molecule has 0 unspecified atom stereocenters. The third-order valence-corrected chi connectivity index (χ3v) is 6.12. The van der Waals surface area contributed by atoms with Crippen LogP contribution in [-0.4, -0.2) is 17.6 Å². The van der Waals surface area contributed by atoms with Crippen molar-refractivity contribution in [3.8, 4) is 0 Å². The van der Waals surface area contributed by atoms with E-state index in [2.05, 4.69) is 58.3 Å². The molecule has 0 amide bonds. The molecule has 28 heavy (non-hydrogen) atoms. The monoisotopic (exact) mass is 377 g/mol. The van der Waals surface area contributed by atoms with Gasteiger partial charge in [0.05, 0.1) is 6.61 Å². The summed E-state index contributed by atoms with van der Waals surface area (Å²) in [5.41, 5.74) is 7.77. The van der Waals surface area contributed by atoms with Crippen LogP contribution >= 0.6 is 0 Å². The van der Waals surface area contributed by atoms with Gasteiger partial charge in [-0.2, -0.15) is 0 Å². The van der Waals surface area contributed by atoms with E-state index in [4.69, 9.17) is 4.74 Å². The second kappa shape index (κ2) is 7.20. The first-order valence-corrected chi connectivity index (χ1v) is 10.1. The fraction of sp³-hybridized carbons (Fsp3) is 0.440. The number of carbonyl (C=O) groups excluding carboxylic acids is 1. The van der Waals surface area contributed by atoms with E-state index < -0.39 is 5.97 Å².